The van der Waals surface area contributed by atoms with E-state index in [4.69, 9.17) is 0 Å². The number of unbranched alkanes of at least 4 members (excludes halogenated alkanes) is 1. The third kappa shape index (κ3) is 4.33. The summed E-state index contributed by atoms with van der Waals surface area (Å²) >= 11 is 3.47. The van der Waals surface area contributed by atoms with Crippen LogP contribution in [0.3, 0.4) is 0 Å². The van der Waals surface area contributed by atoms with Gasteiger partial charge in [-0.25, -0.2) is 4.79 Å². The molecule has 0 bridgehead atoms. The van der Waals surface area contributed by atoms with Gasteiger partial charge in [-0.2, -0.15) is 0 Å². The molecule has 0 aliphatic carbocycles. The first-order valence-corrected chi connectivity index (χ1v) is 7.19. The maximum Gasteiger partial charge on any atom is 0.321 e. The van der Waals surface area contributed by atoms with Crippen molar-refractivity contribution in [3.63, 3.8) is 0 Å². The smallest absolute Gasteiger partial charge is 0.321 e. The van der Waals surface area contributed by atoms with E-state index in [1.807, 2.05) is 36.9 Å². The number of carbonyl (C=O) groups is 1. The van der Waals surface area contributed by atoms with Crippen LogP contribution < -0.4 is 5.32 Å². The predicted octanol–water partition coefficient (Wildman–Crippen LogP) is 4.41. The summed E-state index contributed by atoms with van der Waals surface area (Å²) in [5.41, 5.74) is 1.98. The molecule has 0 saturated heterocycles. The van der Waals surface area contributed by atoms with E-state index in [0.717, 1.165) is 41.7 Å². The minimum Gasteiger partial charge on any atom is -0.325 e. The SMILES string of the molecule is CCCCN(CC)C(=O)Nc1ccc(C)c(Br)c1. The van der Waals surface area contributed by atoms with E-state index in [1.165, 1.54) is 0 Å². The lowest BCUT2D eigenvalue weighted by molar-refractivity contribution is 0.213. The Morgan fingerprint density at radius 2 is 2.11 bits per heavy atom. The highest BCUT2D eigenvalue weighted by Gasteiger charge is 2.11. The zero-order valence-electron chi connectivity index (χ0n) is 11.3. The van der Waals surface area contributed by atoms with Crippen LogP contribution in [0.25, 0.3) is 0 Å². The second-order valence-electron chi connectivity index (χ2n) is 4.33. The van der Waals surface area contributed by atoms with Crippen LogP contribution in [0.1, 0.15) is 32.3 Å². The summed E-state index contributed by atoms with van der Waals surface area (Å²) < 4.78 is 1.01. The van der Waals surface area contributed by atoms with Crippen molar-refractivity contribution in [2.45, 2.75) is 33.6 Å². The highest BCUT2D eigenvalue weighted by molar-refractivity contribution is 9.10. The number of rotatable bonds is 5. The summed E-state index contributed by atoms with van der Waals surface area (Å²) in [6.07, 6.45) is 2.14. The third-order valence-corrected chi connectivity index (χ3v) is 3.73. The van der Waals surface area contributed by atoms with Crippen LogP contribution in [0, 0.1) is 6.92 Å². The molecule has 100 valence electrons. The van der Waals surface area contributed by atoms with Gasteiger partial charge in [-0.1, -0.05) is 35.3 Å². The van der Waals surface area contributed by atoms with Crippen molar-refractivity contribution in [1.29, 1.82) is 0 Å². The normalized spacial score (nSPS) is 10.2. The first-order valence-electron chi connectivity index (χ1n) is 6.40. The van der Waals surface area contributed by atoms with Crippen molar-refractivity contribution in [1.82, 2.24) is 4.90 Å². The number of benzene rings is 1. The zero-order chi connectivity index (χ0) is 13.5. The molecule has 1 rings (SSSR count). The molecule has 0 aliphatic rings. The lowest BCUT2D eigenvalue weighted by Crippen LogP contribution is -2.35. The molecule has 0 radical (unpaired) electrons. The van der Waals surface area contributed by atoms with Gasteiger partial charge < -0.3 is 10.2 Å². The van der Waals surface area contributed by atoms with Gasteiger partial charge in [-0.05, 0) is 38.0 Å². The number of anilines is 1. The Balaban J connectivity index is 2.64. The van der Waals surface area contributed by atoms with Gasteiger partial charge in [0.1, 0.15) is 0 Å². The second kappa shape index (κ2) is 7.41. The van der Waals surface area contributed by atoms with Gasteiger partial charge in [0, 0.05) is 23.2 Å². The Bertz CT molecular complexity index is 407. The number of amides is 2. The molecular weight excluding hydrogens is 292 g/mol. The number of aryl methyl sites for hydroxylation is 1. The molecule has 1 aromatic rings. The predicted molar refractivity (Wildman–Crippen MR) is 80.1 cm³/mol. The van der Waals surface area contributed by atoms with E-state index in [0.29, 0.717) is 0 Å². The van der Waals surface area contributed by atoms with Gasteiger partial charge in [0.2, 0.25) is 0 Å². The molecule has 0 heterocycles. The fourth-order valence-corrected chi connectivity index (χ4v) is 2.00. The average molecular weight is 313 g/mol. The fraction of sp³-hybridized carbons (Fsp3) is 0.500. The van der Waals surface area contributed by atoms with E-state index in [9.17, 15) is 4.79 Å². The molecule has 18 heavy (non-hydrogen) atoms. The summed E-state index contributed by atoms with van der Waals surface area (Å²) in [5.74, 6) is 0. The molecule has 1 N–H and O–H groups in total. The van der Waals surface area contributed by atoms with Crippen molar-refractivity contribution < 1.29 is 4.79 Å². The Kier molecular flexibility index (Phi) is 6.19. The monoisotopic (exact) mass is 312 g/mol. The number of nitrogens with one attached hydrogen (secondary N) is 1. The maximum atomic E-state index is 12.0. The summed E-state index contributed by atoms with van der Waals surface area (Å²) in [6.45, 7) is 7.70. The summed E-state index contributed by atoms with van der Waals surface area (Å²) in [4.78, 5) is 13.9. The van der Waals surface area contributed by atoms with Crippen LogP contribution in [0.2, 0.25) is 0 Å². The Morgan fingerprint density at radius 3 is 2.67 bits per heavy atom. The minimum atomic E-state index is -0.0262. The number of urea groups is 1. The zero-order valence-corrected chi connectivity index (χ0v) is 12.9. The molecule has 0 spiro atoms. The quantitative estimate of drug-likeness (QED) is 0.858. The number of halogens is 1. The number of carbonyl (C=O) groups excluding carboxylic acids is 1. The molecule has 1 aromatic carbocycles. The number of hydrogen-bond donors (Lipinski definition) is 1. The molecule has 0 atom stereocenters. The van der Waals surface area contributed by atoms with E-state index in [-0.39, 0.29) is 6.03 Å². The van der Waals surface area contributed by atoms with E-state index >= 15 is 0 Å². The molecule has 0 aromatic heterocycles. The largest absolute Gasteiger partial charge is 0.325 e. The number of nitrogens with zero attached hydrogens (tertiary/aromatic N) is 1. The van der Waals surface area contributed by atoms with E-state index in [1.54, 1.807) is 0 Å². The first kappa shape index (κ1) is 15.0. The van der Waals surface area contributed by atoms with Gasteiger partial charge in [0.05, 0.1) is 0 Å². The summed E-state index contributed by atoms with van der Waals surface area (Å²) in [7, 11) is 0. The second-order valence-corrected chi connectivity index (χ2v) is 5.18. The lowest BCUT2D eigenvalue weighted by Gasteiger charge is -2.21. The van der Waals surface area contributed by atoms with Gasteiger partial charge >= 0.3 is 6.03 Å². The topological polar surface area (TPSA) is 32.3 Å². The molecule has 3 nitrogen and oxygen atoms in total. The van der Waals surface area contributed by atoms with Crippen molar-refractivity contribution in [2.24, 2.45) is 0 Å². The molecule has 0 saturated carbocycles. The van der Waals surface area contributed by atoms with Gasteiger partial charge in [-0.15, -0.1) is 0 Å². The van der Waals surface area contributed by atoms with E-state index in [2.05, 4.69) is 28.2 Å². The van der Waals surface area contributed by atoms with Gasteiger partial charge in [0.15, 0.2) is 0 Å². The first-order chi connectivity index (χ1) is 8.58. The molecule has 0 aliphatic heterocycles. The minimum absolute atomic E-state index is 0.0262. The Labute approximate surface area is 118 Å². The maximum absolute atomic E-state index is 12.0. The highest BCUT2D eigenvalue weighted by Crippen LogP contribution is 2.20. The fourth-order valence-electron chi connectivity index (χ4n) is 1.63. The van der Waals surface area contributed by atoms with Crippen molar-refractivity contribution in [3.8, 4) is 0 Å². The van der Waals surface area contributed by atoms with Crippen LogP contribution in [-0.4, -0.2) is 24.0 Å². The molecule has 4 heteroatoms. The van der Waals surface area contributed by atoms with Crippen LogP contribution in [0.4, 0.5) is 10.5 Å². The highest BCUT2D eigenvalue weighted by atomic mass is 79.9. The Morgan fingerprint density at radius 1 is 1.39 bits per heavy atom. The lowest BCUT2D eigenvalue weighted by atomic mass is 10.2. The summed E-state index contributed by atoms with van der Waals surface area (Å²) in [6, 6.07) is 5.82. The molecule has 0 unspecified atom stereocenters. The van der Waals surface area contributed by atoms with Crippen LogP contribution in [0.15, 0.2) is 22.7 Å². The summed E-state index contributed by atoms with van der Waals surface area (Å²) in [5, 5.41) is 2.93. The van der Waals surface area contributed by atoms with Crippen LogP contribution in [-0.2, 0) is 0 Å². The van der Waals surface area contributed by atoms with Gasteiger partial charge in [-0.3, -0.25) is 0 Å². The van der Waals surface area contributed by atoms with Crippen molar-refractivity contribution in [2.75, 3.05) is 18.4 Å². The van der Waals surface area contributed by atoms with Crippen LogP contribution in [0.5, 0.6) is 0 Å². The number of hydrogen-bond acceptors (Lipinski definition) is 1. The Hall–Kier alpha value is -1.03. The van der Waals surface area contributed by atoms with Crippen molar-refractivity contribution in [3.05, 3.63) is 28.2 Å². The van der Waals surface area contributed by atoms with Crippen LogP contribution >= 0.6 is 15.9 Å². The third-order valence-electron chi connectivity index (χ3n) is 2.87. The standard InChI is InChI=1S/C14H21BrN2O/c1-4-6-9-17(5-2)14(18)16-12-8-7-11(3)13(15)10-12/h7-8,10H,4-6,9H2,1-3H3,(H,16,18). The van der Waals surface area contributed by atoms with Gasteiger partial charge in [0.25, 0.3) is 0 Å². The molecule has 2 amide bonds. The van der Waals surface area contributed by atoms with E-state index < -0.39 is 0 Å². The molecule has 0 fully saturated rings. The molecular formula is C14H21BrN2O. The average Bonchev–Trinajstić information content (AvgIpc) is 2.35. The van der Waals surface area contributed by atoms with Crippen molar-refractivity contribution >= 4 is 27.6 Å².